The van der Waals surface area contributed by atoms with Gasteiger partial charge in [-0.1, -0.05) is 6.92 Å². The lowest BCUT2D eigenvalue weighted by Gasteiger charge is -2.07. The Kier molecular flexibility index (Phi) is 6.99. The third-order valence-electron chi connectivity index (χ3n) is 3.40. The Labute approximate surface area is 139 Å². The highest BCUT2D eigenvalue weighted by atomic mass is 35.5. The number of hydrogen-bond donors (Lipinski definition) is 3. The van der Waals surface area contributed by atoms with Gasteiger partial charge in [-0.2, -0.15) is 0 Å². The highest BCUT2D eigenvalue weighted by molar-refractivity contribution is 5.97. The zero-order valence-corrected chi connectivity index (χ0v) is 14.0. The van der Waals surface area contributed by atoms with Crippen LogP contribution in [0.5, 0.6) is 0 Å². The summed E-state index contributed by atoms with van der Waals surface area (Å²) < 4.78 is 1.12. The first-order chi connectivity index (χ1) is 10.6. The number of fused-ring (bicyclic) bond motifs is 1. The first-order valence-corrected chi connectivity index (χ1v) is 7.34. The molecule has 23 heavy (non-hydrogen) atoms. The van der Waals surface area contributed by atoms with Crippen LogP contribution in [0.25, 0.3) is 10.9 Å². The molecule has 126 valence electrons. The molecule has 3 N–H and O–H groups in total. The van der Waals surface area contributed by atoms with Gasteiger partial charge in [-0.05, 0) is 31.7 Å². The van der Waals surface area contributed by atoms with Gasteiger partial charge < -0.3 is 15.6 Å². The zero-order valence-electron chi connectivity index (χ0n) is 13.1. The molecule has 0 unspecified atom stereocenters. The molecule has 0 saturated heterocycles. The number of likely N-dealkylation sites (N-methyl/N-ethyl adjacent to an activating group) is 1. The summed E-state index contributed by atoms with van der Waals surface area (Å²) in [5, 5.41) is 6.27. The minimum atomic E-state index is -0.468. The standard InChI is InChI=1S/C15H20N4O3.ClH/c1-3-16-7-8-17-13(20)10-5-6-11-12(9-10)18-15(22)19(4-2)14(11)21;/h5-6,9,16H,3-4,7-8H2,1-2H3,(H,17,20)(H,18,22);1H. The molecule has 0 atom stereocenters. The average Bonchev–Trinajstić information content (AvgIpc) is 2.51. The van der Waals surface area contributed by atoms with Gasteiger partial charge in [0.2, 0.25) is 0 Å². The van der Waals surface area contributed by atoms with Crippen molar-refractivity contribution >= 4 is 29.2 Å². The van der Waals surface area contributed by atoms with E-state index in [0.717, 1.165) is 11.1 Å². The molecule has 0 aliphatic carbocycles. The molecular formula is C15H21ClN4O3. The van der Waals surface area contributed by atoms with Crippen molar-refractivity contribution in [3.8, 4) is 0 Å². The van der Waals surface area contributed by atoms with Crippen LogP contribution in [0.3, 0.4) is 0 Å². The quantitative estimate of drug-likeness (QED) is 0.666. The number of amides is 1. The molecule has 1 aromatic carbocycles. The fraction of sp³-hybridized carbons (Fsp3) is 0.400. The Balaban J connectivity index is 0.00000264. The number of H-pyrrole nitrogens is 1. The van der Waals surface area contributed by atoms with Crippen molar-refractivity contribution in [2.45, 2.75) is 20.4 Å². The molecule has 1 amide bonds. The Morgan fingerprint density at radius 2 is 1.96 bits per heavy atom. The summed E-state index contributed by atoms with van der Waals surface area (Å²) >= 11 is 0. The molecule has 1 heterocycles. The van der Waals surface area contributed by atoms with Crippen LogP contribution in [-0.4, -0.2) is 35.1 Å². The summed E-state index contributed by atoms with van der Waals surface area (Å²) in [5.41, 5.74) is -0.0302. The molecule has 0 aliphatic heterocycles. The number of rotatable bonds is 6. The van der Waals surface area contributed by atoms with Gasteiger partial charge in [-0.25, -0.2) is 4.79 Å². The fourth-order valence-corrected chi connectivity index (χ4v) is 2.23. The largest absolute Gasteiger partial charge is 0.351 e. The molecule has 1 aromatic heterocycles. The normalized spacial score (nSPS) is 10.3. The number of aromatic amines is 1. The maximum Gasteiger partial charge on any atom is 0.328 e. The van der Waals surface area contributed by atoms with Gasteiger partial charge in [0.25, 0.3) is 11.5 Å². The van der Waals surface area contributed by atoms with Crippen LogP contribution in [-0.2, 0) is 6.54 Å². The van der Waals surface area contributed by atoms with Gasteiger partial charge in [0, 0.05) is 25.2 Å². The molecule has 0 fully saturated rings. The average molecular weight is 341 g/mol. The lowest BCUT2D eigenvalue weighted by Crippen LogP contribution is -2.34. The lowest BCUT2D eigenvalue weighted by molar-refractivity contribution is 0.0954. The summed E-state index contributed by atoms with van der Waals surface area (Å²) in [6, 6.07) is 4.68. The van der Waals surface area contributed by atoms with Crippen LogP contribution in [0.4, 0.5) is 0 Å². The summed E-state index contributed by atoms with van der Waals surface area (Å²) in [6.07, 6.45) is 0. The predicted octanol–water partition coefficient (Wildman–Crippen LogP) is 0.471. The van der Waals surface area contributed by atoms with Crippen LogP contribution < -0.4 is 21.9 Å². The molecule has 0 aliphatic rings. The number of aromatic nitrogens is 2. The van der Waals surface area contributed by atoms with E-state index in [2.05, 4.69) is 15.6 Å². The van der Waals surface area contributed by atoms with E-state index in [4.69, 9.17) is 0 Å². The Morgan fingerprint density at radius 1 is 1.22 bits per heavy atom. The minimum absolute atomic E-state index is 0. The van der Waals surface area contributed by atoms with Crippen LogP contribution in [0, 0.1) is 0 Å². The number of carbonyl (C=O) groups is 1. The zero-order chi connectivity index (χ0) is 16.1. The maximum atomic E-state index is 12.1. The second-order valence-electron chi connectivity index (χ2n) is 4.85. The van der Waals surface area contributed by atoms with Crippen LogP contribution in [0.1, 0.15) is 24.2 Å². The summed E-state index contributed by atoms with van der Waals surface area (Å²) in [7, 11) is 0. The van der Waals surface area contributed by atoms with Gasteiger partial charge >= 0.3 is 5.69 Å². The van der Waals surface area contributed by atoms with Crippen LogP contribution >= 0.6 is 12.4 Å². The molecule has 0 spiro atoms. The van der Waals surface area contributed by atoms with Gasteiger partial charge in [0.1, 0.15) is 0 Å². The smallest absolute Gasteiger partial charge is 0.328 e. The number of nitrogens with one attached hydrogen (secondary N) is 3. The fourth-order valence-electron chi connectivity index (χ4n) is 2.23. The van der Waals surface area contributed by atoms with Gasteiger partial charge in [0.05, 0.1) is 10.9 Å². The first-order valence-electron chi connectivity index (χ1n) is 7.34. The van der Waals surface area contributed by atoms with Crippen molar-refractivity contribution in [3.63, 3.8) is 0 Å². The summed E-state index contributed by atoms with van der Waals surface area (Å²) in [5.74, 6) is -0.236. The molecule has 8 heteroatoms. The lowest BCUT2D eigenvalue weighted by atomic mass is 10.1. The van der Waals surface area contributed by atoms with E-state index < -0.39 is 5.69 Å². The van der Waals surface area contributed by atoms with E-state index in [0.29, 0.717) is 36.1 Å². The van der Waals surface area contributed by atoms with E-state index in [1.165, 1.54) is 6.07 Å². The Bertz CT molecular complexity index is 797. The van der Waals surface area contributed by atoms with E-state index in [1.807, 2.05) is 6.92 Å². The van der Waals surface area contributed by atoms with Crippen molar-refractivity contribution in [1.29, 1.82) is 0 Å². The van der Waals surface area contributed by atoms with Crippen molar-refractivity contribution in [3.05, 3.63) is 44.6 Å². The van der Waals surface area contributed by atoms with Crippen LogP contribution in [0.15, 0.2) is 27.8 Å². The van der Waals surface area contributed by atoms with Crippen molar-refractivity contribution in [2.75, 3.05) is 19.6 Å². The molecule has 0 bridgehead atoms. The first kappa shape index (κ1) is 18.9. The maximum absolute atomic E-state index is 12.1. The Morgan fingerprint density at radius 3 is 2.61 bits per heavy atom. The van der Waals surface area contributed by atoms with Crippen molar-refractivity contribution < 1.29 is 4.79 Å². The van der Waals surface area contributed by atoms with Crippen molar-refractivity contribution in [2.24, 2.45) is 0 Å². The van der Waals surface area contributed by atoms with Gasteiger partial charge in [0.15, 0.2) is 0 Å². The molecule has 2 aromatic rings. The minimum Gasteiger partial charge on any atom is -0.351 e. The van der Waals surface area contributed by atoms with Gasteiger partial charge in [-0.3, -0.25) is 14.2 Å². The van der Waals surface area contributed by atoms with Crippen molar-refractivity contribution in [1.82, 2.24) is 20.2 Å². The van der Waals surface area contributed by atoms with E-state index in [-0.39, 0.29) is 23.9 Å². The number of carbonyl (C=O) groups excluding carboxylic acids is 1. The highest BCUT2D eigenvalue weighted by Gasteiger charge is 2.10. The number of nitrogens with zero attached hydrogens (tertiary/aromatic N) is 1. The number of benzene rings is 1. The number of hydrogen-bond acceptors (Lipinski definition) is 4. The molecule has 0 radical (unpaired) electrons. The third kappa shape index (κ3) is 4.20. The topological polar surface area (TPSA) is 96.0 Å². The SMILES string of the molecule is CCNCCNC(=O)c1ccc2c(=O)n(CC)c(=O)[nH]c2c1.Cl. The Hall–Kier alpha value is -2.12. The molecular weight excluding hydrogens is 320 g/mol. The molecule has 7 nitrogen and oxygen atoms in total. The van der Waals surface area contributed by atoms with E-state index in [9.17, 15) is 14.4 Å². The second-order valence-corrected chi connectivity index (χ2v) is 4.85. The predicted molar refractivity (Wildman–Crippen MR) is 92.6 cm³/mol. The van der Waals surface area contributed by atoms with Crippen LogP contribution in [0.2, 0.25) is 0 Å². The summed E-state index contributed by atoms with van der Waals surface area (Å²) in [4.78, 5) is 38.6. The molecule has 0 saturated carbocycles. The number of halogens is 1. The highest BCUT2D eigenvalue weighted by Crippen LogP contribution is 2.09. The molecule has 2 rings (SSSR count). The second kappa shape index (κ2) is 8.50. The van der Waals surface area contributed by atoms with Gasteiger partial charge in [-0.15, -0.1) is 12.4 Å². The third-order valence-corrected chi connectivity index (χ3v) is 3.40. The monoisotopic (exact) mass is 340 g/mol. The summed E-state index contributed by atoms with van der Waals surface area (Å²) in [6.45, 7) is 6.07. The van der Waals surface area contributed by atoms with E-state index >= 15 is 0 Å². The van der Waals surface area contributed by atoms with E-state index in [1.54, 1.807) is 19.1 Å².